The minimum atomic E-state index is -0.497. The van der Waals surface area contributed by atoms with Crippen molar-refractivity contribution in [2.24, 2.45) is 21.1 Å². The second-order valence-corrected chi connectivity index (χ2v) is 8.38. The van der Waals surface area contributed by atoms with Gasteiger partial charge < -0.3 is 29.1 Å². The average molecular weight is 474 g/mol. The molecule has 4 aromatic rings. The molecule has 0 aliphatic rings. The lowest BCUT2D eigenvalue weighted by Crippen LogP contribution is -2.18. The zero-order valence-corrected chi connectivity index (χ0v) is 20.2. The minimum Gasteiger partial charge on any atom is -0.464 e. The number of hydrogen-bond acceptors (Lipinski definition) is 4. The van der Waals surface area contributed by atoms with Gasteiger partial charge in [-0.05, 0) is 36.8 Å². The van der Waals surface area contributed by atoms with Crippen LogP contribution in [0.5, 0.6) is 0 Å². The van der Waals surface area contributed by atoms with Gasteiger partial charge in [0.1, 0.15) is 22.9 Å². The average Bonchev–Trinajstić information content (AvgIpc) is 3.50. The molecule has 9 heteroatoms. The summed E-state index contributed by atoms with van der Waals surface area (Å²) in [6, 6.07) is 14.7. The standard InChI is InChI=1S/C26H27N5O4/c1-16-6-8-17(9-7-16)18-12-21(29(2)14-18)24(32)27-19-13-22(30(3)15-19)25(33)28-23-11-10-20(31(23)4)26(34)35-5/h6-15H,1-5H3,(H,27,32)(H,28,33). The fraction of sp³-hybridized carbons (Fsp3) is 0.192. The molecule has 0 aliphatic carbocycles. The highest BCUT2D eigenvalue weighted by molar-refractivity contribution is 6.07. The van der Waals surface area contributed by atoms with Crippen LogP contribution in [0, 0.1) is 6.92 Å². The Morgan fingerprint density at radius 1 is 0.743 bits per heavy atom. The Labute approximate surface area is 202 Å². The van der Waals surface area contributed by atoms with Crippen molar-refractivity contribution in [3.05, 3.63) is 83.6 Å². The van der Waals surface area contributed by atoms with E-state index in [0.29, 0.717) is 28.6 Å². The first-order valence-electron chi connectivity index (χ1n) is 10.9. The topological polar surface area (TPSA) is 99.3 Å². The molecule has 0 unspecified atom stereocenters. The maximum Gasteiger partial charge on any atom is 0.354 e. The molecule has 0 bridgehead atoms. The molecule has 0 radical (unpaired) electrons. The van der Waals surface area contributed by atoms with Gasteiger partial charge in [-0.15, -0.1) is 0 Å². The number of aryl methyl sites for hydroxylation is 3. The van der Waals surface area contributed by atoms with E-state index in [9.17, 15) is 14.4 Å². The van der Waals surface area contributed by atoms with Gasteiger partial charge in [0.05, 0.1) is 12.8 Å². The monoisotopic (exact) mass is 473 g/mol. The highest BCUT2D eigenvalue weighted by Gasteiger charge is 2.19. The van der Waals surface area contributed by atoms with Crippen molar-refractivity contribution in [1.82, 2.24) is 13.7 Å². The van der Waals surface area contributed by atoms with Gasteiger partial charge in [0.15, 0.2) is 0 Å². The Balaban J connectivity index is 1.49. The van der Waals surface area contributed by atoms with Crippen LogP contribution in [0.4, 0.5) is 11.5 Å². The number of rotatable bonds is 6. The number of benzene rings is 1. The number of esters is 1. The number of anilines is 2. The van der Waals surface area contributed by atoms with E-state index >= 15 is 0 Å². The molecule has 1 aromatic carbocycles. The molecule has 0 fully saturated rings. The first kappa shape index (κ1) is 23.6. The zero-order chi connectivity index (χ0) is 25.3. The summed E-state index contributed by atoms with van der Waals surface area (Å²) in [4.78, 5) is 37.6. The van der Waals surface area contributed by atoms with Crippen LogP contribution in [0.15, 0.2) is 60.9 Å². The SMILES string of the molecule is COC(=O)c1ccc(NC(=O)c2cc(NC(=O)c3cc(-c4ccc(C)cc4)cn3C)cn2C)n1C. The molecule has 35 heavy (non-hydrogen) atoms. The summed E-state index contributed by atoms with van der Waals surface area (Å²) in [5.41, 5.74) is 4.78. The van der Waals surface area contributed by atoms with E-state index in [1.54, 1.807) is 47.6 Å². The van der Waals surface area contributed by atoms with Gasteiger partial charge in [-0.25, -0.2) is 4.79 Å². The lowest BCUT2D eigenvalue weighted by Gasteiger charge is -2.08. The van der Waals surface area contributed by atoms with E-state index in [1.807, 2.05) is 50.5 Å². The Morgan fingerprint density at radius 3 is 2.06 bits per heavy atom. The van der Waals surface area contributed by atoms with Gasteiger partial charge in [-0.2, -0.15) is 0 Å². The second kappa shape index (κ2) is 9.38. The number of hydrogen-bond donors (Lipinski definition) is 2. The van der Waals surface area contributed by atoms with E-state index < -0.39 is 5.97 Å². The predicted molar refractivity (Wildman–Crippen MR) is 134 cm³/mol. The van der Waals surface area contributed by atoms with Crippen LogP contribution in [0.2, 0.25) is 0 Å². The summed E-state index contributed by atoms with van der Waals surface area (Å²) in [6.45, 7) is 2.03. The third kappa shape index (κ3) is 4.74. The van der Waals surface area contributed by atoms with E-state index in [-0.39, 0.29) is 11.8 Å². The molecule has 0 aliphatic heterocycles. The third-order valence-corrected chi connectivity index (χ3v) is 5.88. The van der Waals surface area contributed by atoms with Gasteiger partial charge in [-0.1, -0.05) is 29.8 Å². The molecule has 0 saturated heterocycles. The number of carbonyl (C=O) groups is 3. The van der Waals surface area contributed by atoms with Crippen molar-refractivity contribution in [1.29, 1.82) is 0 Å². The Hall–Kier alpha value is -4.53. The number of methoxy groups -OCH3 is 1. The molecule has 9 nitrogen and oxygen atoms in total. The summed E-state index contributed by atoms with van der Waals surface area (Å²) >= 11 is 0. The summed E-state index contributed by atoms with van der Waals surface area (Å²) in [7, 11) is 6.49. The van der Waals surface area contributed by atoms with E-state index in [2.05, 4.69) is 10.6 Å². The summed E-state index contributed by atoms with van der Waals surface area (Å²) < 4.78 is 9.67. The van der Waals surface area contributed by atoms with Crippen molar-refractivity contribution in [2.45, 2.75) is 6.92 Å². The maximum atomic E-state index is 13.0. The van der Waals surface area contributed by atoms with Crippen LogP contribution in [0.25, 0.3) is 11.1 Å². The van der Waals surface area contributed by atoms with E-state index in [1.165, 1.54) is 17.2 Å². The van der Waals surface area contributed by atoms with Crippen LogP contribution in [-0.4, -0.2) is 38.6 Å². The number of nitrogens with one attached hydrogen (secondary N) is 2. The van der Waals surface area contributed by atoms with Gasteiger partial charge >= 0.3 is 5.97 Å². The molecular formula is C26H27N5O4. The van der Waals surface area contributed by atoms with Gasteiger partial charge in [-0.3, -0.25) is 9.59 Å². The number of ether oxygens (including phenoxy) is 1. The summed E-state index contributed by atoms with van der Waals surface area (Å²) in [5, 5.41) is 5.64. The van der Waals surface area contributed by atoms with Crippen LogP contribution in [0.3, 0.4) is 0 Å². The van der Waals surface area contributed by atoms with Crippen molar-refractivity contribution < 1.29 is 19.1 Å². The minimum absolute atomic E-state index is 0.284. The highest BCUT2D eigenvalue weighted by Crippen LogP contribution is 2.24. The molecular weight excluding hydrogens is 446 g/mol. The Bertz CT molecular complexity index is 1420. The lowest BCUT2D eigenvalue weighted by atomic mass is 10.1. The molecule has 2 amide bonds. The van der Waals surface area contributed by atoms with Crippen molar-refractivity contribution in [2.75, 3.05) is 17.7 Å². The second-order valence-electron chi connectivity index (χ2n) is 8.38. The molecule has 180 valence electrons. The third-order valence-electron chi connectivity index (χ3n) is 5.88. The van der Waals surface area contributed by atoms with Gasteiger partial charge in [0, 0.05) is 39.1 Å². The first-order chi connectivity index (χ1) is 16.7. The van der Waals surface area contributed by atoms with Crippen molar-refractivity contribution >= 4 is 29.3 Å². The van der Waals surface area contributed by atoms with Crippen LogP contribution >= 0.6 is 0 Å². The zero-order valence-electron chi connectivity index (χ0n) is 20.2. The number of aromatic nitrogens is 3. The quantitative estimate of drug-likeness (QED) is 0.414. The van der Waals surface area contributed by atoms with E-state index in [4.69, 9.17) is 4.74 Å². The van der Waals surface area contributed by atoms with Gasteiger partial charge in [0.25, 0.3) is 11.8 Å². The molecule has 0 spiro atoms. The number of nitrogens with zero attached hydrogens (tertiary/aromatic N) is 3. The Kier molecular flexibility index (Phi) is 6.33. The fourth-order valence-corrected chi connectivity index (χ4v) is 3.87. The molecule has 2 N–H and O–H groups in total. The molecule has 3 heterocycles. The van der Waals surface area contributed by atoms with Crippen LogP contribution in [-0.2, 0) is 25.9 Å². The predicted octanol–water partition coefficient (Wildman–Crippen LogP) is 3.97. The summed E-state index contributed by atoms with van der Waals surface area (Å²) in [5.74, 6) is -0.725. The Morgan fingerprint density at radius 2 is 1.37 bits per heavy atom. The lowest BCUT2D eigenvalue weighted by molar-refractivity contribution is 0.0589. The molecule has 4 rings (SSSR count). The smallest absolute Gasteiger partial charge is 0.354 e. The van der Waals surface area contributed by atoms with Crippen molar-refractivity contribution in [3.8, 4) is 11.1 Å². The van der Waals surface area contributed by atoms with E-state index in [0.717, 1.165) is 11.1 Å². The first-order valence-corrected chi connectivity index (χ1v) is 10.9. The molecule has 0 atom stereocenters. The highest BCUT2D eigenvalue weighted by atomic mass is 16.5. The number of amides is 2. The maximum absolute atomic E-state index is 13.0. The van der Waals surface area contributed by atoms with Crippen LogP contribution < -0.4 is 10.6 Å². The number of carbonyl (C=O) groups excluding carboxylic acids is 3. The fourth-order valence-electron chi connectivity index (χ4n) is 3.87. The summed E-state index contributed by atoms with van der Waals surface area (Å²) in [6.07, 6.45) is 3.58. The van der Waals surface area contributed by atoms with Crippen LogP contribution in [0.1, 0.15) is 37.0 Å². The largest absolute Gasteiger partial charge is 0.464 e. The molecule has 3 aromatic heterocycles. The normalized spacial score (nSPS) is 10.8. The van der Waals surface area contributed by atoms with Gasteiger partial charge in [0.2, 0.25) is 0 Å². The molecule has 0 saturated carbocycles. The van der Waals surface area contributed by atoms with Crippen molar-refractivity contribution in [3.63, 3.8) is 0 Å².